The first-order valence-electron chi connectivity index (χ1n) is 13.0. The molecule has 0 aliphatic carbocycles. The third kappa shape index (κ3) is 6.54. The Bertz CT molecular complexity index is 1240. The van der Waals surface area contributed by atoms with Crippen LogP contribution in [0.5, 0.6) is 16.7 Å². The van der Waals surface area contributed by atoms with Gasteiger partial charge in [-0.2, -0.15) is 0 Å². The molecule has 0 radical (unpaired) electrons. The number of amides is 2. The largest absolute Gasteiger partial charge is 0.492 e. The molecule has 38 heavy (non-hydrogen) atoms. The van der Waals surface area contributed by atoms with Crippen LogP contribution in [0, 0.1) is 0 Å². The maximum absolute atomic E-state index is 12.7. The highest BCUT2D eigenvalue weighted by Gasteiger charge is 2.44. The normalized spacial score (nSPS) is 19.1. The maximum Gasteiger partial charge on any atom is 0.407 e. The average Bonchev–Trinajstić information content (AvgIpc) is 3.57. The van der Waals surface area contributed by atoms with E-state index in [9.17, 15) is 9.59 Å². The lowest BCUT2D eigenvalue weighted by Gasteiger charge is -2.34. The van der Waals surface area contributed by atoms with Crippen molar-refractivity contribution in [1.82, 2.24) is 20.1 Å². The van der Waals surface area contributed by atoms with Crippen molar-refractivity contribution in [3.63, 3.8) is 0 Å². The fourth-order valence-corrected chi connectivity index (χ4v) is 5.77. The number of piperazine rings is 1. The van der Waals surface area contributed by atoms with Crippen molar-refractivity contribution in [2.45, 2.75) is 51.3 Å². The summed E-state index contributed by atoms with van der Waals surface area (Å²) in [5, 5.41) is 3.29. The molecule has 3 heterocycles. The molecule has 0 saturated carbocycles. The molecule has 2 aliphatic rings. The molecule has 0 spiro atoms. The van der Waals surface area contributed by atoms with Crippen molar-refractivity contribution in [2.24, 2.45) is 0 Å². The second-order valence-corrected chi connectivity index (χ2v) is 11.6. The molecule has 1 N–H and O–H groups in total. The van der Waals surface area contributed by atoms with Crippen molar-refractivity contribution in [3.05, 3.63) is 48.5 Å². The molecule has 202 valence electrons. The van der Waals surface area contributed by atoms with Crippen molar-refractivity contribution in [1.29, 1.82) is 0 Å². The third-order valence-corrected chi connectivity index (χ3v) is 7.55. The van der Waals surface area contributed by atoms with E-state index in [1.807, 2.05) is 74.2 Å². The van der Waals surface area contributed by atoms with E-state index < -0.39 is 11.7 Å². The van der Waals surface area contributed by atoms with Crippen LogP contribution < -0.4 is 14.8 Å². The van der Waals surface area contributed by atoms with Gasteiger partial charge in [-0.25, -0.2) is 9.78 Å². The molecule has 2 aromatic carbocycles. The standard InChI is InChI=1S/C28H34N4O5S/c1-28(2,3)37-26(34)29-13-12-25(33)32-18-19-16-20(32)17-31(19)14-15-35-21-8-10-22(11-9-21)36-27-30-23-6-4-5-7-24(23)38-27/h4-11,19-20H,12-18H2,1-3H3,(H,29,34). The van der Waals surface area contributed by atoms with Crippen molar-refractivity contribution in [3.8, 4) is 16.7 Å². The number of aromatic nitrogens is 1. The molecule has 2 fully saturated rings. The van der Waals surface area contributed by atoms with Crippen LogP contribution in [-0.4, -0.2) is 77.3 Å². The molecule has 5 rings (SSSR count). The number of nitrogens with zero attached hydrogens (tertiary/aromatic N) is 3. The van der Waals surface area contributed by atoms with Gasteiger partial charge in [0.25, 0.3) is 5.19 Å². The predicted molar refractivity (Wildman–Crippen MR) is 146 cm³/mol. The van der Waals surface area contributed by atoms with Gasteiger partial charge in [-0.15, -0.1) is 0 Å². The lowest BCUT2D eigenvalue weighted by atomic mass is 10.2. The topological polar surface area (TPSA) is 93.2 Å². The Kier molecular flexibility index (Phi) is 7.71. The molecule has 2 aliphatic heterocycles. The number of thiazole rings is 1. The highest BCUT2D eigenvalue weighted by Crippen LogP contribution is 2.32. The Morgan fingerprint density at radius 1 is 1.05 bits per heavy atom. The van der Waals surface area contributed by atoms with Gasteiger partial charge in [0, 0.05) is 44.7 Å². The predicted octanol–water partition coefficient (Wildman–Crippen LogP) is 4.67. The molecule has 2 bridgehead atoms. The first-order chi connectivity index (χ1) is 18.2. The first kappa shape index (κ1) is 26.2. The average molecular weight is 539 g/mol. The summed E-state index contributed by atoms with van der Waals surface area (Å²) in [5.74, 6) is 1.59. The number of para-hydroxylation sites is 1. The van der Waals surface area contributed by atoms with Crippen LogP contribution in [0.4, 0.5) is 4.79 Å². The summed E-state index contributed by atoms with van der Waals surface area (Å²) in [6.45, 7) is 8.69. The minimum atomic E-state index is -0.551. The van der Waals surface area contributed by atoms with Crippen LogP contribution in [0.1, 0.15) is 33.6 Å². The van der Waals surface area contributed by atoms with E-state index >= 15 is 0 Å². The molecule has 10 heteroatoms. The second kappa shape index (κ2) is 11.2. The fraction of sp³-hybridized carbons (Fsp3) is 0.464. The summed E-state index contributed by atoms with van der Waals surface area (Å²) in [7, 11) is 0. The number of ether oxygens (including phenoxy) is 3. The van der Waals surface area contributed by atoms with Gasteiger partial charge in [0.05, 0.1) is 10.2 Å². The number of alkyl carbamates (subject to hydrolysis) is 1. The zero-order chi connectivity index (χ0) is 26.7. The number of carbonyl (C=O) groups is 2. The minimum absolute atomic E-state index is 0.0811. The molecule has 3 aromatic rings. The number of hydrogen-bond acceptors (Lipinski definition) is 8. The highest BCUT2D eigenvalue weighted by atomic mass is 32.1. The number of likely N-dealkylation sites (tertiary alicyclic amines) is 2. The maximum atomic E-state index is 12.7. The van der Waals surface area contributed by atoms with Gasteiger partial charge in [-0.05, 0) is 63.6 Å². The Morgan fingerprint density at radius 2 is 1.82 bits per heavy atom. The van der Waals surface area contributed by atoms with E-state index in [0.29, 0.717) is 17.8 Å². The molecular formula is C28H34N4O5S. The summed E-state index contributed by atoms with van der Waals surface area (Å²) in [6.07, 6.45) is 0.780. The summed E-state index contributed by atoms with van der Waals surface area (Å²) in [4.78, 5) is 33.3. The molecule has 2 atom stereocenters. The van der Waals surface area contributed by atoms with Crippen LogP contribution in [0.15, 0.2) is 48.5 Å². The monoisotopic (exact) mass is 538 g/mol. The van der Waals surface area contributed by atoms with Crippen LogP contribution in [0.3, 0.4) is 0 Å². The Morgan fingerprint density at radius 3 is 2.53 bits per heavy atom. The van der Waals surface area contributed by atoms with Crippen molar-refractivity contribution in [2.75, 3.05) is 32.8 Å². The molecule has 2 amide bonds. The van der Waals surface area contributed by atoms with E-state index in [4.69, 9.17) is 14.2 Å². The number of carbonyl (C=O) groups excluding carboxylic acids is 2. The number of benzene rings is 2. The molecule has 2 unspecified atom stereocenters. The van der Waals surface area contributed by atoms with Gasteiger partial charge < -0.3 is 24.4 Å². The lowest BCUT2D eigenvalue weighted by Crippen LogP contribution is -2.50. The van der Waals surface area contributed by atoms with Crippen LogP contribution in [0.2, 0.25) is 0 Å². The Labute approximate surface area is 226 Å². The zero-order valence-corrected chi connectivity index (χ0v) is 22.8. The molecule has 2 saturated heterocycles. The van der Waals surface area contributed by atoms with E-state index in [1.165, 1.54) is 11.3 Å². The van der Waals surface area contributed by atoms with E-state index in [2.05, 4.69) is 15.2 Å². The summed E-state index contributed by atoms with van der Waals surface area (Å²) in [6, 6.07) is 16.2. The van der Waals surface area contributed by atoms with E-state index in [-0.39, 0.29) is 24.9 Å². The Hall–Kier alpha value is -3.37. The number of hydrogen-bond donors (Lipinski definition) is 1. The third-order valence-electron chi connectivity index (χ3n) is 6.63. The van der Waals surface area contributed by atoms with Crippen molar-refractivity contribution < 1.29 is 23.8 Å². The number of nitrogens with one attached hydrogen (secondary N) is 1. The number of rotatable bonds is 9. The van der Waals surface area contributed by atoms with Crippen LogP contribution in [-0.2, 0) is 9.53 Å². The molecular weight excluding hydrogens is 504 g/mol. The summed E-state index contributed by atoms with van der Waals surface area (Å²) >= 11 is 1.52. The van der Waals surface area contributed by atoms with Crippen LogP contribution >= 0.6 is 11.3 Å². The van der Waals surface area contributed by atoms with E-state index in [0.717, 1.165) is 47.8 Å². The molecule has 1 aromatic heterocycles. The number of fused-ring (bicyclic) bond motifs is 3. The van der Waals surface area contributed by atoms with Gasteiger partial charge in [0.1, 0.15) is 23.7 Å². The SMILES string of the molecule is CC(C)(C)OC(=O)NCCC(=O)N1CC2CC1CN2CCOc1ccc(Oc2nc3ccccc3s2)cc1. The van der Waals surface area contributed by atoms with Gasteiger partial charge >= 0.3 is 6.09 Å². The second-order valence-electron chi connectivity index (χ2n) is 10.6. The van der Waals surface area contributed by atoms with E-state index in [1.54, 1.807) is 0 Å². The van der Waals surface area contributed by atoms with Gasteiger partial charge in [0.2, 0.25) is 5.91 Å². The lowest BCUT2D eigenvalue weighted by molar-refractivity contribution is -0.133. The summed E-state index contributed by atoms with van der Waals surface area (Å²) in [5.41, 5.74) is 0.385. The smallest absolute Gasteiger partial charge is 0.407 e. The van der Waals surface area contributed by atoms with Gasteiger partial charge in [0.15, 0.2) is 0 Å². The minimum Gasteiger partial charge on any atom is -0.492 e. The van der Waals surface area contributed by atoms with Crippen LogP contribution in [0.25, 0.3) is 10.2 Å². The fourth-order valence-electron chi connectivity index (χ4n) is 4.94. The highest BCUT2D eigenvalue weighted by molar-refractivity contribution is 7.20. The zero-order valence-electron chi connectivity index (χ0n) is 22.0. The summed E-state index contributed by atoms with van der Waals surface area (Å²) < 4.78 is 18.2. The quantitative estimate of drug-likeness (QED) is 0.423. The van der Waals surface area contributed by atoms with Crippen molar-refractivity contribution >= 4 is 33.6 Å². The Balaban J connectivity index is 1.01. The first-order valence-corrected chi connectivity index (χ1v) is 13.8. The van der Waals surface area contributed by atoms with Gasteiger partial charge in [-0.3, -0.25) is 9.69 Å². The molecule has 9 nitrogen and oxygen atoms in total. The van der Waals surface area contributed by atoms with Gasteiger partial charge in [-0.1, -0.05) is 23.5 Å².